The van der Waals surface area contributed by atoms with Gasteiger partial charge in [0.25, 0.3) is 0 Å². The highest BCUT2D eigenvalue weighted by molar-refractivity contribution is 9.10. The molecule has 1 aliphatic rings. The van der Waals surface area contributed by atoms with Crippen LogP contribution in [0, 0.1) is 0 Å². The molecule has 0 saturated heterocycles. The molecule has 0 spiro atoms. The fourth-order valence-corrected chi connectivity index (χ4v) is 4.05. The van der Waals surface area contributed by atoms with Crippen LogP contribution in [0.2, 0.25) is 0 Å². The highest BCUT2D eigenvalue weighted by Crippen LogP contribution is 2.30. The Balaban J connectivity index is 1.77. The molecule has 1 aromatic heterocycles. The summed E-state index contributed by atoms with van der Waals surface area (Å²) in [4.78, 5) is 4.67. The van der Waals surface area contributed by atoms with Crippen LogP contribution in [-0.4, -0.2) is 11.0 Å². The first-order valence-electron chi connectivity index (χ1n) is 6.64. The molecule has 4 heteroatoms. The highest BCUT2D eigenvalue weighted by Gasteiger charge is 2.13. The standard InChI is InChI=1S/C14H17BrN2S/c15-10-7-8-12-13(9-10)18-14(17-12)16-11-5-3-1-2-4-6-11/h7-9,11H,1-6H2,(H,16,17). The Labute approximate surface area is 120 Å². The number of hydrogen-bond acceptors (Lipinski definition) is 3. The van der Waals surface area contributed by atoms with Crippen molar-refractivity contribution in [2.75, 3.05) is 5.32 Å². The van der Waals surface area contributed by atoms with Gasteiger partial charge in [-0.05, 0) is 31.0 Å². The smallest absolute Gasteiger partial charge is 0.184 e. The second-order valence-electron chi connectivity index (χ2n) is 4.96. The third-order valence-electron chi connectivity index (χ3n) is 3.53. The van der Waals surface area contributed by atoms with Gasteiger partial charge in [-0.1, -0.05) is 53.0 Å². The van der Waals surface area contributed by atoms with Gasteiger partial charge < -0.3 is 5.32 Å². The Kier molecular flexibility index (Phi) is 3.85. The lowest BCUT2D eigenvalue weighted by Gasteiger charge is -2.14. The quantitative estimate of drug-likeness (QED) is 0.768. The van der Waals surface area contributed by atoms with Gasteiger partial charge in [0, 0.05) is 10.5 Å². The van der Waals surface area contributed by atoms with Crippen molar-refractivity contribution in [1.82, 2.24) is 4.98 Å². The number of halogens is 1. The van der Waals surface area contributed by atoms with E-state index in [1.54, 1.807) is 11.3 Å². The van der Waals surface area contributed by atoms with Crippen LogP contribution in [0.3, 0.4) is 0 Å². The normalized spacial score (nSPS) is 17.8. The summed E-state index contributed by atoms with van der Waals surface area (Å²) in [6.45, 7) is 0. The number of benzene rings is 1. The minimum Gasteiger partial charge on any atom is -0.359 e. The van der Waals surface area contributed by atoms with Crippen molar-refractivity contribution < 1.29 is 0 Å². The molecular weight excluding hydrogens is 308 g/mol. The Hall–Kier alpha value is -0.610. The predicted octanol–water partition coefficient (Wildman–Crippen LogP) is 5.19. The fourth-order valence-electron chi connectivity index (χ4n) is 2.56. The molecule has 1 fully saturated rings. The first-order chi connectivity index (χ1) is 8.81. The van der Waals surface area contributed by atoms with Crippen molar-refractivity contribution in [3.8, 4) is 0 Å². The van der Waals surface area contributed by atoms with Crippen molar-refractivity contribution in [2.45, 2.75) is 44.6 Å². The van der Waals surface area contributed by atoms with Gasteiger partial charge in [-0.3, -0.25) is 0 Å². The summed E-state index contributed by atoms with van der Waals surface area (Å²) in [5, 5.41) is 4.70. The van der Waals surface area contributed by atoms with Crippen molar-refractivity contribution in [3.05, 3.63) is 22.7 Å². The number of hydrogen-bond donors (Lipinski definition) is 1. The minimum absolute atomic E-state index is 0.622. The van der Waals surface area contributed by atoms with E-state index < -0.39 is 0 Å². The van der Waals surface area contributed by atoms with Gasteiger partial charge in [0.2, 0.25) is 0 Å². The molecule has 18 heavy (non-hydrogen) atoms. The number of nitrogens with one attached hydrogen (secondary N) is 1. The number of nitrogens with zero attached hydrogens (tertiary/aromatic N) is 1. The second-order valence-corrected chi connectivity index (χ2v) is 6.91. The van der Waals surface area contributed by atoms with Crippen LogP contribution in [0.1, 0.15) is 38.5 Å². The lowest BCUT2D eigenvalue weighted by atomic mass is 10.1. The maximum atomic E-state index is 4.67. The maximum absolute atomic E-state index is 4.67. The van der Waals surface area contributed by atoms with E-state index in [-0.39, 0.29) is 0 Å². The minimum atomic E-state index is 0.622. The fraction of sp³-hybridized carbons (Fsp3) is 0.500. The van der Waals surface area contributed by atoms with E-state index in [2.05, 4.69) is 44.4 Å². The molecule has 1 heterocycles. The average Bonchev–Trinajstić information content (AvgIpc) is 2.57. The molecule has 2 nitrogen and oxygen atoms in total. The van der Waals surface area contributed by atoms with Crippen LogP contribution in [0.25, 0.3) is 10.2 Å². The molecule has 0 radical (unpaired) electrons. The average molecular weight is 325 g/mol. The van der Waals surface area contributed by atoms with E-state index in [0.29, 0.717) is 6.04 Å². The third-order valence-corrected chi connectivity index (χ3v) is 4.98. The Morgan fingerprint density at radius 3 is 2.72 bits per heavy atom. The number of aromatic nitrogens is 1. The zero-order chi connectivity index (χ0) is 12.4. The molecule has 1 aromatic carbocycles. The first-order valence-corrected chi connectivity index (χ1v) is 8.25. The van der Waals surface area contributed by atoms with Crippen LogP contribution in [-0.2, 0) is 0 Å². The third kappa shape index (κ3) is 2.86. The van der Waals surface area contributed by atoms with Crippen molar-refractivity contribution >= 4 is 42.6 Å². The van der Waals surface area contributed by atoms with E-state index in [1.165, 1.54) is 43.2 Å². The Morgan fingerprint density at radius 2 is 1.94 bits per heavy atom. The van der Waals surface area contributed by atoms with Crippen molar-refractivity contribution in [3.63, 3.8) is 0 Å². The monoisotopic (exact) mass is 324 g/mol. The lowest BCUT2D eigenvalue weighted by molar-refractivity contribution is 0.620. The summed E-state index contributed by atoms with van der Waals surface area (Å²) < 4.78 is 2.38. The van der Waals surface area contributed by atoms with Gasteiger partial charge in [-0.15, -0.1) is 0 Å². The first kappa shape index (κ1) is 12.4. The van der Waals surface area contributed by atoms with E-state index in [9.17, 15) is 0 Å². The second kappa shape index (κ2) is 5.57. The van der Waals surface area contributed by atoms with Gasteiger partial charge in [0.05, 0.1) is 10.2 Å². The predicted molar refractivity (Wildman–Crippen MR) is 82.4 cm³/mol. The molecule has 96 valence electrons. The molecule has 1 saturated carbocycles. The van der Waals surface area contributed by atoms with E-state index in [4.69, 9.17) is 0 Å². The summed E-state index contributed by atoms with van der Waals surface area (Å²) in [5.74, 6) is 0. The van der Waals surface area contributed by atoms with Crippen LogP contribution in [0.5, 0.6) is 0 Å². The van der Waals surface area contributed by atoms with Gasteiger partial charge in [-0.25, -0.2) is 4.98 Å². The Morgan fingerprint density at radius 1 is 1.17 bits per heavy atom. The molecule has 2 aromatic rings. The summed E-state index contributed by atoms with van der Waals surface area (Å²) in [6.07, 6.45) is 8.08. The van der Waals surface area contributed by atoms with Crippen molar-refractivity contribution in [1.29, 1.82) is 0 Å². The zero-order valence-electron chi connectivity index (χ0n) is 10.3. The molecule has 3 rings (SSSR count). The molecule has 0 amide bonds. The molecule has 1 N–H and O–H groups in total. The zero-order valence-corrected chi connectivity index (χ0v) is 12.7. The van der Waals surface area contributed by atoms with Gasteiger partial charge in [-0.2, -0.15) is 0 Å². The number of fused-ring (bicyclic) bond motifs is 1. The summed E-state index contributed by atoms with van der Waals surface area (Å²) in [7, 11) is 0. The van der Waals surface area contributed by atoms with E-state index in [0.717, 1.165) is 15.1 Å². The van der Waals surface area contributed by atoms with Gasteiger partial charge in [0.15, 0.2) is 5.13 Å². The van der Waals surface area contributed by atoms with Crippen LogP contribution >= 0.6 is 27.3 Å². The summed E-state index contributed by atoms with van der Waals surface area (Å²) in [5.41, 5.74) is 1.10. The van der Waals surface area contributed by atoms with Crippen molar-refractivity contribution in [2.24, 2.45) is 0 Å². The molecule has 0 aliphatic heterocycles. The van der Waals surface area contributed by atoms with Crippen LogP contribution in [0.4, 0.5) is 5.13 Å². The summed E-state index contributed by atoms with van der Waals surface area (Å²) >= 11 is 5.27. The number of thiazole rings is 1. The Bertz CT molecular complexity index is 530. The number of rotatable bonds is 2. The topological polar surface area (TPSA) is 24.9 Å². The van der Waals surface area contributed by atoms with E-state index >= 15 is 0 Å². The molecule has 0 atom stereocenters. The molecular formula is C14H17BrN2S. The van der Waals surface area contributed by atoms with Gasteiger partial charge in [0.1, 0.15) is 0 Å². The maximum Gasteiger partial charge on any atom is 0.184 e. The largest absolute Gasteiger partial charge is 0.359 e. The SMILES string of the molecule is Brc1ccc2nc(NC3CCCCCC3)sc2c1. The van der Waals surface area contributed by atoms with Crippen LogP contribution in [0.15, 0.2) is 22.7 Å². The lowest BCUT2D eigenvalue weighted by Crippen LogP contribution is -2.17. The highest BCUT2D eigenvalue weighted by atomic mass is 79.9. The summed E-state index contributed by atoms with van der Waals surface area (Å²) in [6, 6.07) is 6.90. The van der Waals surface area contributed by atoms with Crippen LogP contribution < -0.4 is 5.32 Å². The van der Waals surface area contributed by atoms with Gasteiger partial charge >= 0.3 is 0 Å². The molecule has 0 bridgehead atoms. The number of anilines is 1. The van der Waals surface area contributed by atoms with E-state index in [1.807, 2.05) is 0 Å². The molecule has 1 aliphatic carbocycles. The molecule has 0 unspecified atom stereocenters.